The van der Waals surface area contributed by atoms with Crippen molar-refractivity contribution in [3.63, 3.8) is 0 Å². The lowest BCUT2D eigenvalue weighted by Crippen LogP contribution is -2.34. The Morgan fingerprint density at radius 3 is 2.93 bits per heavy atom. The molecule has 158 valence electrons. The molecule has 8 nitrogen and oxygen atoms in total. The maximum Gasteiger partial charge on any atom is 0.263 e. The third-order valence-corrected chi connectivity index (χ3v) is 6.88. The molecule has 1 aliphatic heterocycles. The predicted molar refractivity (Wildman–Crippen MR) is 119 cm³/mol. The van der Waals surface area contributed by atoms with Gasteiger partial charge in [-0.25, -0.2) is 13.4 Å². The van der Waals surface area contributed by atoms with Crippen LogP contribution in [0.1, 0.15) is 6.99 Å². The molecule has 1 aromatic heterocycles. The highest BCUT2D eigenvalue weighted by molar-refractivity contribution is 7.93. The van der Waals surface area contributed by atoms with Gasteiger partial charge in [0.25, 0.3) is 10.0 Å². The number of nitrogens with one attached hydrogen (secondary N) is 2. The number of ether oxygens (including phenoxy) is 1. The number of fused-ring (bicyclic) bond motifs is 1. The first-order chi connectivity index (χ1) is 14.5. The number of sulfonamides is 1. The normalized spacial score (nSPS) is 13.0. The summed E-state index contributed by atoms with van der Waals surface area (Å²) in [5.74, 6) is 0.618. The summed E-state index contributed by atoms with van der Waals surface area (Å²) in [6, 6.07) is 12.2. The summed E-state index contributed by atoms with van der Waals surface area (Å²) < 4.78 is 32.8. The van der Waals surface area contributed by atoms with Crippen LogP contribution in [0.3, 0.4) is 0 Å². The number of rotatable bonds is 7. The van der Waals surface area contributed by atoms with E-state index in [0.29, 0.717) is 23.8 Å². The maximum absolute atomic E-state index is 12.7. The van der Waals surface area contributed by atoms with Crippen molar-refractivity contribution in [1.29, 1.82) is 0 Å². The van der Waals surface area contributed by atoms with Crippen molar-refractivity contribution in [2.75, 3.05) is 35.1 Å². The van der Waals surface area contributed by atoms with Gasteiger partial charge >= 0.3 is 0 Å². The van der Waals surface area contributed by atoms with Crippen molar-refractivity contribution in [2.45, 2.75) is 11.3 Å². The van der Waals surface area contributed by atoms with E-state index in [2.05, 4.69) is 15.0 Å². The zero-order chi connectivity index (χ0) is 21.1. The Bertz CT molecular complexity index is 1170. The molecule has 1 aliphatic rings. The van der Waals surface area contributed by atoms with Crippen molar-refractivity contribution in [1.82, 2.24) is 4.98 Å². The number of nitrogens with zero attached hydrogens (tertiary/aromatic N) is 2. The van der Waals surface area contributed by atoms with Gasteiger partial charge in [0.2, 0.25) is 5.91 Å². The summed E-state index contributed by atoms with van der Waals surface area (Å²) in [4.78, 5) is 18.5. The summed E-state index contributed by atoms with van der Waals surface area (Å²) in [7, 11) is -2.14. The van der Waals surface area contributed by atoms with E-state index in [0.717, 1.165) is 16.9 Å². The summed E-state index contributed by atoms with van der Waals surface area (Å²) in [6.07, 6.45) is 2.13. The van der Waals surface area contributed by atoms with E-state index >= 15 is 0 Å². The van der Waals surface area contributed by atoms with Gasteiger partial charge in [-0.1, -0.05) is 6.07 Å². The molecule has 0 unspecified atom stereocenters. The van der Waals surface area contributed by atoms with Gasteiger partial charge < -0.3 is 15.0 Å². The summed E-state index contributed by atoms with van der Waals surface area (Å²) in [5.41, 5.74) is 2.35. The number of carbonyl (C=O) groups is 1. The lowest BCUT2D eigenvalue weighted by Gasteiger charge is -2.18. The molecule has 0 saturated heterocycles. The molecule has 0 aliphatic carbocycles. The van der Waals surface area contributed by atoms with E-state index in [1.165, 1.54) is 23.6 Å². The van der Waals surface area contributed by atoms with Gasteiger partial charge in [0.15, 0.2) is 5.13 Å². The average Bonchev–Trinajstić information content (AvgIpc) is 3.41. The first-order valence-electron chi connectivity index (χ1n) is 9.20. The van der Waals surface area contributed by atoms with Gasteiger partial charge in [-0.2, -0.15) is 0 Å². The number of thiazole rings is 1. The number of carbonyl (C=O) groups excluding carboxylic acids is 1. The van der Waals surface area contributed by atoms with Crippen molar-refractivity contribution in [3.05, 3.63) is 59.6 Å². The lowest BCUT2D eigenvalue weighted by molar-refractivity contribution is -0.116. The minimum Gasteiger partial charge on any atom is -0.497 e. The quantitative estimate of drug-likeness (QED) is 0.578. The zero-order valence-corrected chi connectivity index (χ0v) is 17.8. The molecule has 4 rings (SSSR count). The maximum atomic E-state index is 12.7. The molecule has 2 heterocycles. The fourth-order valence-corrected chi connectivity index (χ4v) is 5.10. The van der Waals surface area contributed by atoms with E-state index in [1.54, 1.807) is 29.5 Å². The van der Waals surface area contributed by atoms with Crippen LogP contribution in [0, 0.1) is 0 Å². The molecule has 0 fully saturated rings. The van der Waals surface area contributed by atoms with E-state index in [1.807, 2.05) is 24.3 Å². The molecule has 30 heavy (non-hydrogen) atoms. The van der Waals surface area contributed by atoms with E-state index in [9.17, 15) is 13.2 Å². The number of benzene rings is 2. The molecule has 0 spiro atoms. The molecule has 0 bridgehead atoms. The summed E-state index contributed by atoms with van der Waals surface area (Å²) in [6.45, 7) is 0.635. The zero-order valence-electron chi connectivity index (χ0n) is 16.2. The Balaban J connectivity index is 0.00000272. The SMILES string of the molecule is COc1cccc(NCC(=O)N2CCc3cc(S(=O)(=O)Nc4nccs4)ccc32)c1.[HH]. The molecule has 2 N–H and O–H groups in total. The van der Waals surface area contributed by atoms with Gasteiger partial charge in [0.05, 0.1) is 18.6 Å². The summed E-state index contributed by atoms with van der Waals surface area (Å²) >= 11 is 1.21. The second kappa shape index (κ2) is 8.33. The number of methoxy groups -OCH3 is 1. The minimum atomic E-state index is -3.73. The topological polar surface area (TPSA) is 101 Å². The second-order valence-corrected chi connectivity index (χ2v) is 9.19. The first-order valence-corrected chi connectivity index (χ1v) is 11.6. The molecule has 3 aromatic rings. The molecule has 10 heteroatoms. The molecule has 0 radical (unpaired) electrons. The Kier molecular flexibility index (Phi) is 5.60. The number of anilines is 3. The van der Waals surface area contributed by atoms with Crippen LogP contribution < -0.4 is 19.7 Å². The number of hydrogen-bond donors (Lipinski definition) is 2. The number of hydrogen-bond acceptors (Lipinski definition) is 7. The van der Waals surface area contributed by atoms with Crippen molar-refractivity contribution >= 4 is 43.8 Å². The van der Waals surface area contributed by atoms with Crippen LogP contribution in [-0.4, -0.2) is 39.5 Å². The van der Waals surface area contributed by atoms with Crippen LogP contribution >= 0.6 is 11.3 Å². The highest BCUT2D eigenvalue weighted by Gasteiger charge is 2.26. The van der Waals surface area contributed by atoms with Crippen molar-refractivity contribution in [3.8, 4) is 5.75 Å². The van der Waals surface area contributed by atoms with Gasteiger partial charge in [0, 0.05) is 37.0 Å². The van der Waals surface area contributed by atoms with E-state index < -0.39 is 10.0 Å². The van der Waals surface area contributed by atoms with E-state index in [-0.39, 0.29) is 18.8 Å². The molecule has 0 saturated carbocycles. The largest absolute Gasteiger partial charge is 0.497 e. The predicted octanol–water partition coefficient (Wildman–Crippen LogP) is 3.20. The average molecular weight is 447 g/mol. The highest BCUT2D eigenvalue weighted by atomic mass is 32.2. The smallest absolute Gasteiger partial charge is 0.263 e. The van der Waals surface area contributed by atoms with Gasteiger partial charge in [-0.15, -0.1) is 11.3 Å². The molecular formula is C20H22N4O4S2. The highest BCUT2D eigenvalue weighted by Crippen LogP contribution is 2.31. The summed E-state index contributed by atoms with van der Waals surface area (Å²) in [5, 5.41) is 5.12. The van der Waals surface area contributed by atoms with Crippen molar-refractivity contribution < 1.29 is 19.4 Å². The minimum absolute atomic E-state index is 0. The van der Waals surface area contributed by atoms with Gasteiger partial charge in [0.1, 0.15) is 5.75 Å². The van der Waals surface area contributed by atoms with Crippen LogP contribution in [0.25, 0.3) is 0 Å². The third kappa shape index (κ3) is 4.24. The van der Waals surface area contributed by atoms with Crippen LogP contribution in [0.2, 0.25) is 0 Å². The fraction of sp³-hybridized carbons (Fsp3) is 0.200. The number of aromatic nitrogens is 1. The third-order valence-electron chi connectivity index (χ3n) is 4.73. The standard InChI is InChI=1S/C20H20N4O4S2.H2/c1-28-16-4-2-3-15(12-16)22-13-19(25)24-9-7-14-11-17(5-6-18(14)24)30(26,27)23-20-21-8-10-29-20;/h2-6,8,10-12,22H,7,9,13H2,1H3,(H,21,23);1H. The lowest BCUT2D eigenvalue weighted by atomic mass is 10.2. The van der Waals surface area contributed by atoms with E-state index in [4.69, 9.17) is 4.74 Å². The molecule has 2 aromatic carbocycles. The second-order valence-electron chi connectivity index (χ2n) is 6.61. The molecule has 1 amide bonds. The Labute approximate surface area is 180 Å². The van der Waals surface area contributed by atoms with Crippen LogP contribution in [0.4, 0.5) is 16.5 Å². The van der Waals surface area contributed by atoms with Gasteiger partial charge in [-0.05, 0) is 42.3 Å². The Hall–Kier alpha value is -3.11. The van der Waals surface area contributed by atoms with Crippen LogP contribution in [0.5, 0.6) is 5.75 Å². The number of amides is 1. The Morgan fingerprint density at radius 1 is 1.30 bits per heavy atom. The fourth-order valence-electron chi connectivity index (χ4n) is 3.26. The monoisotopic (exact) mass is 446 g/mol. The Morgan fingerprint density at radius 2 is 2.17 bits per heavy atom. The first kappa shape index (κ1) is 20.2. The molecule has 0 atom stereocenters. The van der Waals surface area contributed by atoms with Crippen LogP contribution in [0.15, 0.2) is 58.9 Å². The van der Waals surface area contributed by atoms with Gasteiger partial charge in [-0.3, -0.25) is 9.52 Å². The molecular weight excluding hydrogens is 424 g/mol. The van der Waals surface area contributed by atoms with Crippen molar-refractivity contribution in [2.24, 2.45) is 0 Å². The van der Waals surface area contributed by atoms with Crippen LogP contribution in [-0.2, 0) is 21.2 Å².